The van der Waals surface area contributed by atoms with Crippen LogP contribution in [0.1, 0.15) is 30.5 Å². The summed E-state index contributed by atoms with van der Waals surface area (Å²) in [6, 6.07) is 0. The molecular formula is C9H12BrNO2S. The number of halogens is 1. The van der Waals surface area contributed by atoms with Crippen molar-refractivity contribution in [1.29, 1.82) is 0 Å². The molecule has 1 heterocycles. The van der Waals surface area contributed by atoms with Gasteiger partial charge in [-0.15, -0.1) is 11.3 Å². The van der Waals surface area contributed by atoms with E-state index in [0.717, 1.165) is 8.79 Å². The zero-order valence-corrected chi connectivity index (χ0v) is 10.6. The van der Waals surface area contributed by atoms with E-state index in [-0.39, 0.29) is 5.92 Å². The van der Waals surface area contributed by atoms with Gasteiger partial charge in [-0.25, -0.2) is 4.98 Å². The maximum absolute atomic E-state index is 11.0. The largest absolute Gasteiger partial charge is 0.481 e. The van der Waals surface area contributed by atoms with Crippen molar-refractivity contribution in [2.75, 3.05) is 0 Å². The Morgan fingerprint density at radius 3 is 2.43 bits per heavy atom. The van der Waals surface area contributed by atoms with Crippen molar-refractivity contribution in [2.24, 2.45) is 5.92 Å². The Kier molecular flexibility index (Phi) is 3.66. The maximum Gasteiger partial charge on any atom is 0.312 e. The highest BCUT2D eigenvalue weighted by molar-refractivity contribution is 9.11. The average molecular weight is 278 g/mol. The summed E-state index contributed by atoms with van der Waals surface area (Å²) in [5.41, 5.74) is 0.648. The van der Waals surface area contributed by atoms with Crippen molar-refractivity contribution in [3.05, 3.63) is 14.5 Å². The molecule has 1 rings (SSSR count). The van der Waals surface area contributed by atoms with E-state index in [1.54, 1.807) is 0 Å². The summed E-state index contributed by atoms with van der Waals surface area (Å²) in [7, 11) is 0. The highest BCUT2D eigenvalue weighted by Crippen LogP contribution is 2.34. The monoisotopic (exact) mass is 277 g/mol. The van der Waals surface area contributed by atoms with Gasteiger partial charge in [-0.3, -0.25) is 4.79 Å². The van der Waals surface area contributed by atoms with Gasteiger partial charge in [0.1, 0.15) is 5.92 Å². The normalized spacial score (nSPS) is 13.2. The van der Waals surface area contributed by atoms with Gasteiger partial charge in [0.25, 0.3) is 0 Å². The number of carbonyl (C=O) groups is 1. The maximum atomic E-state index is 11.0. The molecule has 0 aromatic carbocycles. The minimum absolute atomic E-state index is 0.0466. The second-order valence-corrected chi connectivity index (χ2v) is 5.97. The van der Waals surface area contributed by atoms with Crippen molar-refractivity contribution >= 4 is 33.2 Å². The molecule has 1 aromatic rings. The second-order valence-electron chi connectivity index (χ2n) is 3.45. The average Bonchev–Trinajstić information content (AvgIpc) is 2.29. The van der Waals surface area contributed by atoms with Crippen LogP contribution in [-0.4, -0.2) is 16.1 Å². The molecule has 1 N–H and O–H groups in total. The summed E-state index contributed by atoms with van der Waals surface area (Å²) < 4.78 is 0.830. The van der Waals surface area contributed by atoms with E-state index in [1.807, 2.05) is 20.8 Å². The van der Waals surface area contributed by atoms with Gasteiger partial charge in [-0.05, 0) is 28.8 Å². The lowest BCUT2D eigenvalue weighted by atomic mass is 9.93. The highest BCUT2D eigenvalue weighted by Gasteiger charge is 2.28. The van der Waals surface area contributed by atoms with Crippen molar-refractivity contribution in [3.63, 3.8) is 0 Å². The van der Waals surface area contributed by atoms with Crippen LogP contribution in [0.2, 0.25) is 0 Å². The van der Waals surface area contributed by atoms with E-state index in [4.69, 9.17) is 5.11 Å². The Morgan fingerprint density at radius 2 is 2.14 bits per heavy atom. The number of carboxylic acid groups (broad SMARTS) is 1. The van der Waals surface area contributed by atoms with Gasteiger partial charge < -0.3 is 5.11 Å². The zero-order valence-electron chi connectivity index (χ0n) is 8.24. The van der Waals surface area contributed by atoms with Gasteiger partial charge in [0.15, 0.2) is 0 Å². The van der Waals surface area contributed by atoms with Crippen LogP contribution in [0, 0.1) is 12.8 Å². The Morgan fingerprint density at radius 1 is 1.57 bits per heavy atom. The second kappa shape index (κ2) is 4.40. The van der Waals surface area contributed by atoms with E-state index in [2.05, 4.69) is 20.9 Å². The highest BCUT2D eigenvalue weighted by atomic mass is 79.9. The molecule has 1 atom stereocenters. The lowest BCUT2D eigenvalue weighted by Gasteiger charge is -2.13. The van der Waals surface area contributed by atoms with Crippen LogP contribution in [0.25, 0.3) is 0 Å². The first-order valence-corrected chi connectivity index (χ1v) is 5.90. The van der Waals surface area contributed by atoms with Gasteiger partial charge in [-0.1, -0.05) is 13.8 Å². The number of aryl methyl sites for hydroxylation is 1. The van der Waals surface area contributed by atoms with Crippen LogP contribution in [0.5, 0.6) is 0 Å². The number of thiazole rings is 1. The van der Waals surface area contributed by atoms with Crippen LogP contribution in [0.15, 0.2) is 3.79 Å². The molecule has 0 aliphatic carbocycles. The summed E-state index contributed by atoms with van der Waals surface area (Å²) in [5, 5.41) is 9.96. The predicted octanol–water partition coefficient (Wildman–Crippen LogP) is 3.04. The SMILES string of the molecule is Cc1nc(C(C(=O)O)C(C)C)c(Br)s1. The number of hydrogen-bond donors (Lipinski definition) is 1. The molecule has 0 aliphatic rings. The van der Waals surface area contributed by atoms with Gasteiger partial charge in [0.2, 0.25) is 0 Å². The standard InChI is InChI=1S/C9H12BrNO2S/c1-4(2)6(9(12)13)7-8(10)14-5(3)11-7/h4,6H,1-3H3,(H,12,13). The predicted molar refractivity (Wildman–Crippen MR) is 59.8 cm³/mol. The van der Waals surface area contributed by atoms with Crippen LogP contribution >= 0.6 is 27.3 Å². The third-order valence-corrected chi connectivity index (χ3v) is 3.61. The van der Waals surface area contributed by atoms with Crippen LogP contribution in [0.4, 0.5) is 0 Å². The van der Waals surface area contributed by atoms with Gasteiger partial charge >= 0.3 is 5.97 Å². The van der Waals surface area contributed by atoms with Gasteiger partial charge in [-0.2, -0.15) is 0 Å². The third kappa shape index (κ3) is 2.33. The molecule has 5 heteroatoms. The molecule has 1 unspecified atom stereocenters. The third-order valence-electron chi connectivity index (χ3n) is 1.94. The van der Waals surface area contributed by atoms with Crippen molar-refractivity contribution in [3.8, 4) is 0 Å². The van der Waals surface area contributed by atoms with Crippen LogP contribution in [-0.2, 0) is 4.79 Å². The fourth-order valence-corrected chi connectivity index (χ4v) is 3.05. The number of nitrogens with zero attached hydrogens (tertiary/aromatic N) is 1. The Bertz CT molecular complexity index is 349. The van der Waals surface area contributed by atoms with E-state index < -0.39 is 11.9 Å². The zero-order chi connectivity index (χ0) is 10.9. The van der Waals surface area contributed by atoms with Gasteiger partial charge in [0.05, 0.1) is 14.5 Å². The Hall–Kier alpha value is -0.420. The number of rotatable bonds is 3. The molecule has 0 amide bonds. The Labute approximate surface area is 95.3 Å². The minimum atomic E-state index is -0.814. The first kappa shape index (κ1) is 11.7. The molecule has 3 nitrogen and oxygen atoms in total. The van der Waals surface area contributed by atoms with E-state index in [9.17, 15) is 4.79 Å². The van der Waals surface area contributed by atoms with Crippen LogP contribution in [0.3, 0.4) is 0 Å². The first-order valence-electron chi connectivity index (χ1n) is 4.29. The summed E-state index contributed by atoms with van der Waals surface area (Å²) in [4.78, 5) is 15.3. The molecule has 14 heavy (non-hydrogen) atoms. The molecule has 0 aliphatic heterocycles. The number of aliphatic carboxylic acids is 1. The number of aromatic nitrogens is 1. The number of carboxylic acids is 1. The molecule has 0 fully saturated rings. The fourth-order valence-electron chi connectivity index (χ4n) is 1.33. The summed E-state index contributed by atoms with van der Waals surface area (Å²) >= 11 is 4.82. The van der Waals surface area contributed by atoms with Crippen LogP contribution < -0.4 is 0 Å². The first-order chi connectivity index (χ1) is 6.43. The lowest BCUT2D eigenvalue weighted by Crippen LogP contribution is -2.18. The number of hydrogen-bond acceptors (Lipinski definition) is 3. The minimum Gasteiger partial charge on any atom is -0.481 e. The summed E-state index contributed by atoms with van der Waals surface area (Å²) in [5.74, 6) is -1.29. The van der Waals surface area contributed by atoms with E-state index >= 15 is 0 Å². The van der Waals surface area contributed by atoms with E-state index in [1.165, 1.54) is 11.3 Å². The molecule has 78 valence electrons. The van der Waals surface area contributed by atoms with Crippen molar-refractivity contribution in [2.45, 2.75) is 26.7 Å². The topological polar surface area (TPSA) is 50.2 Å². The molecule has 1 aromatic heterocycles. The fraction of sp³-hybridized carbons (Fsp3) is 0.556. The van der Waals surface area contributed by atoms with Gasteiger partial charge in [0, 0.05) is 0 Å². The molecule has 0 saturated carbocycles. The molecule has 0 radical (unpaired) electrons. The summed E-state index contributed by atoms with van der Waals surface area (Å²) in [6.45, 7) is 5.65. The molecular weight excluding hydrogens is 266 g/mol. The Balaban J connectivity index is 3.11. The quantitative estimate of drug-likeness (QED) is 0.924. The smallest absolute Gasteiger partial charge is 0.312 e. The molecule has 0 bridgehead atoms. The lowest BCUT2D eigenvalue weighted by molar-refractivity contribution is -0.140. The van der Waals surface area contributed by atoms with Crippen molar-refractivity contribution in [1.82, 2.24) is 4.98 Å². The molecule has 0 saturated heterocycles. The molecule has 0 spiro atoms. The summed E-state index contributed by atoms with van der Waals surface area (Å²) in [6.07, 6.45) is 0. The van der Waals surface area contributed by atoms with E-state index in [0.29, 0.717) is 5.69 Å². The van der Waals surface area contributed by atoms with Crippen molar-refractivity contribution < 1.29 is 9.90 Å².